The van der Waals surface area contributed by atoms with Gasteiger partial charge in [-0.1, -0.05) is 18.2 Å². The molecule has 1 aromatic carbocycles. The number of aliphatic carboxylic acids is 1. The molecule has 0 aliphatic carbocycles. The zero-order chi connectivity index (χ0) is 15.4. The van der Waals surface area contributed by atoms with Gasteiger partial charge in [-0.15, -0.1) is 5.10 Å². The van der Waals surface area contributed by atoms with E-state index < -0.39 is 5.97 Å². The van der Waals surface area contributed by atoms with E-state index in [9.17, 15) is 10.1 Å². The number of carboxylic acids is 1. The first-order valence-electron chi connectivity index (χ1n) is 6.24. The topological polar surface area (TPSA) is 96.1 Å². The molecule has 1 N–H and O–H groups in total. The van der Waals surface area contributed by atoms with Gasteiger partial charge in [-0.2, -0.15) is 10.4 Å². The summed E-state index contributed by atoms with van der Waals surface area (Å²) in [6.07, 6.45) is -0.170. The monoisotopic (exact) mass is 283 g/mol. The number of benzene rings is 1. The molecule has 1 aromatic heterocycles. The van der Waals surface area contributed by atoms with Gasteiger partial charge in [0.2, 0.25) is 0 Å². The highest BCUT2D eigenvalue weighted by Crippen LogP contribution is 2.28. The number of hydrogen-bond acceptors (Lipinski definition) is 5. The van der Waals surface area contributed by atoms with Crippen LogP contribution in [0.25, 0.3) is 0 Å². The van der Waals surface area contributed by atoms with Crippen molar-refractivity contribution in [3.8, 4) is 17.7 Å². The lowest BCUT2D eigenvalue weighted by molar-refractivity contribution is -0.136. The maximum Gasteiger partial charge on any atom is 0.307 e. The number of carboxylic acid groups (broad SMARTS) is 1. The quantitative estimate of drug-likeness (QED) is 0.925. The molecule has 6 heteroatoms. The molecule has 21 heavy (non-hydrogen) atoms. The van der Waals surface area contributed by atoms with Crippen LogP contribution in [0.4, 0.5) is 0 Å². The first kappa shape index (κ1) is 14.5. The summed E-state index contributed by atoms with van der Waals surface area (Å²) in [6.45, 7) is 3.52. The molecule has 0 aliphatic rings. The Hall–Kier alpha value is -2.94. The van der Waals surface area contributed by atoms with Crippen molar-refractivity contribution in [2.24, 2.45) is 0 Å². The van der Waals surface area contributed by atoms with E-state index in [1.807, 2.05) is 6.07 Å². The first-order valence-corrected chi connectivity index (χ1v) is 6.24. The average Bonchev–Trinajstić information content (AvgIpc) is 2.45. The summed E-state index contributed by atoms with van der Waals surface area (Å²) in [6, 6.07) is 8.78. The van der Waals surface area contributed by atoms with Crippen molar-refractivity contribution in [3.05, 3.63) is 46.6 Å². The minimum Gasteiger partial charge on any atom is -0.481 e. The molecule has 0 aliphatic heterocycles. The van der Waals surface area contributed by atoms with Gasteiger partial charge in [0, 0.05) is 5.56 Å². The second kappa shape index (κ2) is 6.01. The fraction of sp³-hybridized carbons (Fsp3) is 0.200. The number of hydrogen-bond donors (Lipinski definition) is 1. The zero-order valence-corrected chi connectivity index (χ0v) is 11.6. The van der Waals surface area contributed by atoms with E-state index in [1.54, 1.807) is 38.1 Å². The predicted octanol–water partition coefficient (Wildman–Crippen LogP) is 2.38. The van der Waals surface area contributed by atoms with E-state index in [1.165, 1.54) is 0 Å². The van der Waals surface area contributed by atoms with Crippen LogP contribution < -0.4 is 4.74 Å². The van der Waals surface area contributed by atoms with Crippen LogP contribution in [0.1, 0.15) is 22.4 Å². The molecule has 0 unspecified atom stereocenters. The molecule has 0 saturated carbocycles. The van der Waals surface area contributed by atoms with Crippen LogP contribution in [0.15, 0.2) is 24.3 Å². The van der Waals surface area contributed by atoms with Crippen molar-refractivity contribution in [2.45, 2.75) is 20.3 Å². The molecular formula is C15H13N3O3. The van der Waals surface area contributed by atoms with Crippen molar-refractivity contribution in [1.29, 1.82) is 5.26 Å². The number of rotatable bonds is 4. The van der Waals surface area contributed by atoms with Gasteiger partial charge in [0.1, 0.15) is 17.4 Å². The van der Waals surface area contributed by atoms with Gasteiger partial charge in [-0.3, -0.25) is 4.79 Å². The molecule has 0 bridgehead atoms. The third-order valence-electron chi connectivity index (χ3n) is 3.06. The van der Waals surface area contributed by atoms with E-state index in [0.29, 0.717) is 28.1 Å². The number of aromatic nitrogens is 2. The maximum absolute atomic E-state index is 10.9. The van der Waals surface area contributed by atoms with Crippen molar-refractivity contribution in [3.63, 3.8) is 0 Å². The number of ether oxygens (including phenoxy) is 1. The van der Waals surface area contributed by atoms with Gasteiger partial charge in [-0.25, -0.2) is 0 Å². The number of nitrogens with zero attached hydrogens (tertiary/aromatic N) is 3. The van der Waals surface area contributed by atoms with E-state index in [-0.39, 0.29) is 12.3 Å². The Labute approximate surface area is 121 Å². The SMILES string of the molecule is Cc1nnc(Oc2ccccc2CC(=O)O)c(C#N)c1C. The Balaban J connectivity index is 2.42. The van der Waals surface area contributed by atoms with Crippen LogP contribution in [0.5, 0.6) is 11.6 Å². The highest BCUT2D eigenvalue weighted by molar-refractivity contribution is 5.71. The molecule has 2 rings (SSSR count). The molecule has 0 saturated heterocycles. The number of para-hydroxylation sites is 1. The normalized spacial score (nSPS) is 9.95. The molecule has 0 radical (unpaired) electrons. The lowest BCUT2D eigenvalue weighted by atomic mass is 10.1. The summed E-state index contributed by atoms with van der Waals surface area (Å²) >= 11 is 0. The molecule has 6 nitrogen and oxygen atoms in total. The summed E-state index contributed by atoms with van der Waals surface area (Å²) < 4.78 is 5.61. The fourth-order valence-corrected chi connectivity index (χ4v) is 1.81. The lowest BCUT2D eigenvalue weighted by Gasteiger charge is -2.11. The zero-order valence-electron chi connectivity index (χ0n) is 11.6. The van der Waals surface area contributed by atoms with E-state index in [4.69, 9.17) is 9.84 Å². The molecule has 0 spiro atoms. The summed E-state index contributed by atoms with van der Waals surface area (Å²) in [5.41, 5.74) is 2.15. The fourth-order valence-electron chi connectivity index (χ4n) is 1.81. The molecule has 1 heterocycles. The molecule has 0 amide bonds. The highest BCUT2D eigenvalue weighted by atomic mass is 16.5. The van der Waals surface area contributed by atoms with Crippen molar-refractivity contribution in [1.82, 2.24) is 10.2 Å². The summed E-state index contributed by atoms with van der Waals surface area (Å²) in [4.78, 5) is 10.9. The number of nitriles is 1. The van der Waals surface area contributed by atoms with Crippen LogP contribution in [0.3, 0.4) is 0 Å². The van der Waals surface area contributed by atoms with Gasteiger partial charge in [0.25, 0.3) is 5.88 Å². The van der Waals surface area contributed by atoms with E-state index in [0.717, 1.165) is 0 Å². The third kappa shape index (κ3) is 3.15. The van der Waals surface area contributed by atoms with Crippen molar-refractivity contribution >= 4 is 5.97 Å². The number of carbonyl (C=O) groups is 1. The summed E-state index contributed by atoms with van der Waals surface area (Å²) in [7, 11) is 0. The second-order valence-corrected chi connectivity index (χ2v) is 4.48. The van der Waals surface area contributed by atoms with E-state index >= 15 is 0 Å². The minimum atomic E-state index is -0.960. The third-order valence-corrected chi connectivity index (χ3v) is 3.06. The van der Waals surface area contributed by atoms with Gasteiger partial charge < -0.3 is 9.84 Å². The van der Waals surface area contributed by atoms with Gasteiger partial charge in [0.15, 0.2) is 0 Å². The van der Waals surface area contributed by atoms with Crippen molar-refractivity contribution < 1.29 is 14.6 Å². The van der Waals surface area contributed by atoms with Gasteiger partial charge >= 0.3 is 5.97 Å². The van der Waals surface area contributed by atoms with Gasteiger partial charge in [-0.05, 0) is 25.5 Å². The molecule has 0 fully saturated rings. The summed E-state index contributed by atoms with van der Waals surface area (Å²) in [5.74, 6) is -0.523. The molecule has 0 atom stereocenters. The second-order valence-electron chi connectivity index (χ2n) is 4.48. The largest absolute Gasteiger partial charge is 0.481 e. The first-order chi connectivity index (χ1) is 10.0. The predicted molar refractivity (Wildman–Crippen MR) is 74.1 cm³/mol. The lowest BCUT2D eigenvalue weighted by Crippen LogP contribution is -2.04. The molecule has 106 valence electrons. The standard InChI is InChI=1S/C15H13N3O3/c1-9-10(2)17-18-15(12(9)8-16)21-13-6-4-3-5-11(13)7-14(19)20/h3-6H,7H2,1-2H3,(H,19,20). The minimum absolute atomic E-state index is 0.0819. The highest BCUT2D eigenvalue weighted by Gasteiger charge is 2.15. The Morgan fingerprint density at radius 2 is 2.05 bits per heavy atom. The van der Waals surface area contributed by atoms with Crippen LogP contribution >= 0.6 is 0 Å². The van der Waals surface area contributed by atoms with Crippen molar-refractivity contribution in [2.75, 3.05) is 0 Å². The maximum atomic E-state index is 10.9. The van der Waals surface area contributed by atoms with Crippen LogP contribution in [0, 0.1) is 25.2 Å². The molecular weight excluding hydrogens is 270 g/mol. The van der Waals surface area contributed by atoms with E-state index in [2.05, 4.69) is 10.2 Å². The average molecular weight is 283 g/mol. The number of aryl methyl sites for hydroxylation is 1. The molecule has 2 aromatic rings. The smallest absolute Gasteiger partial charge is 0.307 e. The Morgan fingerprint density at radius 1 is 1.33 bits per heavy atom. The Kier molecular flexibility index (Phi) is 4.14. The Morgan fingerprint density at radius 3 is 2.71 bits per heavy atom. The summed E-state index contributed by atoms with van der Waals surface area (Å²) in [5, 5.41) is 25.9. The van der Waals surface area contributed by atoms with Gasteiger partial charge in [0.05, 0.1) is 12.1 Å². The van der Waals surface area contributed by atoms with Crippen LogP contribution in [-0.2, 0) is 11.2 Å². The Bertz CT molecular complexity index is 735. The van der Waals surface area contributed by atoms with Crippen LogP contribution in [-0.4, -0.2) is 21.3 Å². The van der Waals surface area contributed by atoms with Crippen LogP contribution in [0.2, 0.25) is 0 Å².